The maximum Gasteiger partial charge on any atom is 0.414 e. The lowest BCUT2D eigenvalue weighted by molar-refractivity contribution is -0.117. The Labute approximate surface area is 188 Å². The molecule has 1 aliphatic heterocycles. The van der Waals surface area contributed by atoms with Crippen molar-refractivity contribution in [1.82, 2.24) is 0 Å². The van der Waals surface area contributed by atoms with Crippen molar-refractivity contribution < 1.29 is 27.9 Å². The Morgan fingerprint density at radius 2 is 1.72 bits per heavy atom. The largest absolute Gasteiger partial charge is 0.446 e. The molecule has 2 aromatic carbocycles. The van der Waals surface area contributed by atoms with Crippen LogP contribution in [0.3, 0.4) is 0 Å². The van der Waals surface area contributed by atoms with E-state index < -0.39 is 22.5 Å². The Morgan fingerprint density at radius 3 is 2.28 bits per heavy atom. The molecule has 32 heavy (non-hydrogen) atoms. The van der Waals surface area contributed by atoms with E-state index in [9.17, 15) is 18.0 Å². The van der Waals surface area contributed by atoms with Gasteiger partial charge in [0.2, 0.25) is 5.91 Å². The minimum Gasteiger partial charge on any atom is -0.446 e. The lowest BCUT2D eigenvalue weighted by Crippen LogP contribution is -2.51. The van der Waals surface area contributed by atoms with E-state index in [4.69, 9.17) is 9.84 Å². The van der Waals surface area contributed by atoms with Crippen molar-refractivity contribution in [3.05, 3.63) is 42.5 Å². The summed E-state index contributed by atoms with van der Waals surface area (Å²) >= 11 is 0. The van der Waals surface area contributed by atoms with Crippen LogP contribution in [0.5, 0.6) is 0 Å². The molecule has 0 spiro atoms. The molecule has 0 radical (unpaired) electrons. The van der Waals surface area contributed by atoms with Crippen molar-refractivity contribution in [2.75, 3.05) is 28.7 Å². The number of sulfone groups is 1. The molecule has 0 bridgehead atoms. The summed E-state index contributed by atoms with van der Waals surface area (Å²) in [5.41, 5.74) is 2.68. The van der Waals surface area contributed by atoms with Gasteiger partial charge in [0.15, 0.2) is 9.84 Å². The van der Waals surface area contributed by atoms with Crippen molar-refractivity contribution in [3.8, 4) is 11.1 Å². The average molecular weight is 461 g/mol. The molecule has 0 saturated carbocycles. The maximum atomic E-state index is 12.8. The number of benzene rings is 2. The highest BCUT2D eigenvalue weighted by atomic mass is 32.2. The zero-order valence-corrected chi connectivity index (χ0v) is 19.4. The summed E-state index contributed by atoms with van der Waals surface area (Å²) in [6.07, 6.45) is -0.775. The molecule has 2 amide bonds. The maximum absolute atomic E-state index is 12.8. The van der Waals surface area contributed by atoms with Gasteiger partial charge < -0.3 is 14.7 Å². The van der Waals surface area contributed by atoms with Gasteiger partial charge in [-0.05, 0) is 56.2 Å². The van der Waals surface area contributed by atoms with E-state index in [0.29, 0.717) is 17.9 Å². The second-order valence-corrected chi connectivity index (χ2v) is 10.2. The molecule has 3 rings (SSSR count). The SMILES string of the molecule is CC(=O)N1c2ccc(-c3ccc(S(=O)(=O)CCO)cc3)cc2N(C(=O)OC(C)C)CC1C. The van der Waals surface area contributed by atoms with Gasteiger partial charge in [0.1, 0.15) is 0 Å². The zero-order chi connectivity index (χ0) is 23.6. The van der Waals surface area contributed by atoms with Crippen molar-refractivity contribution in [2.45, 2.75) is 44.7 Å². The van der Waals surface area contributed by atoms with Crippen LogP contribution in [0.25, 0.3) is 11.1 Å². The molecule has 1 N–H and O–H groups in total. The van der Waals surface area contributed by atoms with Crippen LogP contribution in [-0.2, 0) is 19.4 Å². The summed E-state index contributed by atoms with van der Waals surface area (Å²) in [5, 5.41) is 8.96. The summed E-state index contributed by atoms with van der Waals surface area (Å²) in [6, 6.07) is 11.5. The smallest absolute Gasteiger partial charge is 0.414 e. The number of carbonyl (C=O) groups excluding carboxylic acids is 2. The van der Waals surface area contributed by atoms with Crippen molar-refractivity contribution >= 4 is 33.2 Å². The molecule has 9 heteroatoms. The lowest BCUT2D eigenvalue weighted by atomic mass is 10.0. The van der Waals surface area contributed by atoms with Gasteiger partial charge >= 0.3 is 6.09 Å². The number of carbonyl (C=O) groups is 2. The summed E-state index contributed by atoms with van der Waals surface area (Å²) in [6.45, 7) is 6.76. The number of hydrogen-bond acceptors (Lipinski definition) is 6. The Kier molecular flexibility index (Phi) is 6.90. The van der Waals surface area contributed by atoms with Gasteiger partial charge in [-0.2, -0.15) is 0 Å². The van der Waals surface area contributed by atoms with Gasteiger partial charge in [-0.25, -0.2) is 13.2 Å². The van der Waals surface area contributed by atoms with Crippen molar-refractivity contribution in [2.24, 2.45) is 0 Å². The summed E-state index contributed by atoms with van der Waals surface area (Å²) in [4.78, 5) is 28.4. The fraction of sp³-hybridized carbons (Fsp3) is 0.391. The highest BCUT2D eigenvalue weighted by Crippen LogP contribution is 2.39. The number of amides is 2. The van der Waals surface area contributed by atoms with Gasteiger partial charge in [-0.15, -0.1) is 0 Å². The number of fused-ring (bicyclic) bond motifs is 1. The Hall–Kier alpha value is -2.91. The van der Waals surface area contributed by atoms with Crippen LogP contribution < -0.4 is 9.80 Å². The number of aliphatic hydroxyl groups excluding tert-OH is 1. The summed E-state index contributed by atoms with van der Waals surface area (Å²) in [7, 11) is -3.54. The quantitative estimate of drug-likeness (QED) is 0.735. The number of aliphatic hydroxyl groups is 1. The molecule has 1 unspecified atom stereocenters. The first-order chi connectivity index (χ1) is 15.0. The van der Waals surface area contributed by atoms with E-state index in [0.717, 1.165) is 11.1 Å². The molecule has 1 heterocycles. The summed E-state index contributed by atoms with van der Waals surface area (Å²) < 4.78 is 29.7. The monoisotopic (exact) mass is 460 g/mol. The molecular weight excluding hydrogens is 432 g/mol. The third kappa shape index (κ3) is 4.78. The van der Waals surface area contributed by atoms with Crippen LogP contribution in [0, 0.1) is 0 Å². The summed E-state index contributed by atoms with van der Waals surface area (Å²) in [5.74, 6) is -0.459. The number of ether oxygens (including phenoxy) is 1. The van der Waals surface area contributed by atoms with Crippen molar-refractivity contribution in [3.63, 3.8) is 0 Å². The van der Waals surface area contributed by atoms with Gasteiger partial charge in [0.25, 0.3) is 0 Å². The molecule has 8 nitrogen and oxygen atoms in total. The minimum atomic E-state index is -3.54. The lowest BCUT2D eigenvalue weighted by Gasteiger charge is -2.40. The first-order valence-corrected chi connectivity index (χ1v) is 12.1. The van der Waals surface area contributed by atoms with Crippen LogP contribution >= 0.6 is 0 Å². The molecule has 1 atom stereocenters. The third-order valence-corrected chi connectivity index (χ3v) is 6.93. The van der Waals surface area contributed by atoms with Crippen LogP contribution in [0.15, 0.2) is 47.4 Å². The van der Waals surface area contributed by atoms with E-state index in [1.165, 1.54) is 24.0 Å². The topological polar surface area (TPSA) is 104 Å². The highest BCUT2D eigenvalue weighted by molar-refractivity contribution is 7.91. The minimum absolute atomic E-state index is 0.123. The van der Waals surface area contributed by atoms with Crippen LogP contribution in [0.2, 0.25) is 0 Å². The van der Waals surface area contributed by atoms with Gasteiger partial charge in [0.05, 0.1) is 40.8 Å². The van der Waals surface area contributed by atoms with Gasteiger partial charge in [-0.1, -0.05) is 18.2 Å². The first-order valence-electron chi connectivity index (χ1n) is 10.4. The van der Waals surface area contributed by atoms with E-state index in [2.05, 4.69) is 0 Å². The standard InChI is InChI=1S/C23H28N2O6S/c1-15(2)31-23(28)24-14-16(3)25(17(4)27)21-10-7-19(13-22(21)24)18-5-8-20(9-6-18)32(29,30)12-11-26/h5-10,13,15-16,26H,11-12,14H2,1-4H3. The van der Waals surface area contributed by atoms with Crippen molar-refractivity contribution in [1.29, 1.82) is 0 Å². The normalized spacial score (nSPS) is 16.1. The second kappa shape index (κ2) is 9.30. The average Bonchev–Trinajstić information content (AvgIpc) is 2.72. The number of rotatable bonds is 5. The van der Waals surface area contributed by atoms with E-state index >= 15 is 0 Å². The molecule has 1 aliphatic rings. The van der Waals surface area contributed by atoms with E-state index in [1.54, 1.807) is 43.0 Å². The highest BCUT2D eigenvalue weighted by Gasteiger charge is 2.34. The molecule has 0 aromatic heterocycles. The third-order valence-electron chi connectivity index (χ3n) is 5.22. The molecule has 2 aromatic rings. The second-order valence-electron chi connectivity index (χ2n) is 8.05. The molecule has 172 valence electrons. The van der Waals surface area contributed by atoms with Crippen LogP contribution in [0.1, 0.15) is 27.7 Å². The molecule has 0 fully saturated rings. The number of anilines is 2. The first kappa shape index (κ1) is 23.7. The zero-order valence-electron chi connectivity index (χ0n) is 18.6. The Bertz CT molecular complexity index is 1110. The predicted octanol–water partition coefficient (Wildman–Crippen LogP) is 3.23. The number of hydrogen-bond donors (Lipinski definition) is 1. The number of nitrogens with zero attached hydrogens (tertiary/aromatic N) is 2. The molecule has 0 aliphatic carbocycles. The fourth-order valence-corrected chi connectivity index (χ4v) is 4.84. The van der Waals surface area contributed by atoms with Crippen LogP contribution in [0.4, 0.5) is 16.2 Å². The van der Waals surface area contributed by atoms with Gasteiger partial charge in [-0.3, -0.25) is 9.69 Å². The Balaban J connectivity index is 2.04. The predicted molar refractivity (Wildman–Crippen MR) is 123 cm³/mol. The molecule has 0 saturated heterocycles. The van der Waals surface area contributed by atoms with Crippen LogP contribution in [-0.4, -0.2) is 56.6 Å². The molecular formula is C23H28N2O6S. The van der Waals surface area contributed by atoms with Gasteiger partial charge in [0, 0.05) is 13.5 Å². The van der Waals surface area contributed by atoms with E-state index in [-0.39, 0.29) is 28.7 Å². The fourth-order valence-electron chi connectivity index (χ4n) is 3.82. The Morgan fingerprint density at radius 1 is 1.09 bits per heavy atom. The van der Waals surface area contributed by atoms with E-state index in [1.807, 2.05) is 13.0 Å².